The predicted molar refractivity (Wildman–Crippen MR) is 69.7 cm³/mol. The lowest BCUT2D eigenvalue weighted by atomic mass is 10.2. The number of hydrogen-bond acceptors (Lipinski definition) is 3. The van der Waals surface area contributed by atoms with E-state index < -0.39 is 0 Å². The zero-order valence-corrected chi connectivity index (χ0v) is 9.60. The molecule has 1 aromatic rings. The third kappa shape index (κ3) is 2.36. The lowest BCUT2D eigenvalue weighted by Gasteiger charge is -2.36. The molecular weight excluding hydrogens is 198 g/mol. The average Bonchev–Trinajstić information content (AvgIpc) is 2.31. The lowest BCUT2D eigenvalue weighted by Crippen LogP contribution is -2.46. The third-order valence-electron chi connectivity index (χ3n) is 3.04. The Bertz CT molecular complexity index is 354. The molecule has 0 atom stereocenters. The van der Waals surface area contributed by atoms with Crippen LogP contribution in [0.15, 0.2) is 36.9 Å². The number of hydrogen-bond donors (Lipinski definition) is 1. The summed E-state index contributed by atoms with van der Waals surface area (Å²) < 4.78 is 0. The van der Waals surface area contributed by atoms with Crippen LogP contribution in [-0.4, -0.2) is 37.6 Å². The maximum Gasteiger partial charge on any atom is 0.0600 e. The fourth-order valence-electron chi connectivity index (χ4n) is 2.13. The normalized spacial score (nSPS) is 17.4. The van der Waals surface area contributed by atoms with Gasteiger partial charge >= 0.3 is 0 Å². The van der Waals surface area contributed by atoms with Gasteiger partial charge in [-0.1, -0.05) is 18.2 Å². The van der Waals surface area contributed by atoms with Crippen LogP contribution in [0.2, 0.25) is 0 Å². The minimum absolute atomic E-state index is 0.875. The van der Waals surface area contributed by atoms with Crippen molar-refractivity contribution in [1.29, 1.82) is 0 Å². The van der Waals surface area contributed by atoms with E-state index in [2.05, 4.69) is 22.4 Å². The summed E-state index contributed by atoms with van der Waals surface area (Å²) in [6.45, 7) is 9.01. The second kappa shape index (κ2) is 5.03. The van der Waals surface area contributed by atoms with Gasteiger partial charge in [-0.05, 0) is 12.1 Å². The summed E-state index contributed by atoms with van der Waals surface area (Å²) in [4.78, 5) is 4.76. The summed E-state index contributed by atoms with van der Waals surface area (Å²) in [6, 6.07) is 8.08. The Hall–Kier alpha value is -1.48. The Balaban J connectivity index is 1.99. The van der Waals surface area contributed by atoms with Crippen molar-refractivity contribution in [3.63, 3.8) is 0 Å². The smallest absolute Gasteiger partial charge is 0.0600 e. The number of nitrogens with two attached hydrogens (primary N) is 1. The van der Waals surface area contributed by atoms with Gasteiger partial charge in [0.15, 0.2) is 0 Å². The summed E-state index contributed by atoms with van der Waals surface area (Å²) in [5.74, 6) is 0. The van der Waals surface area contributed by atoms with Gasteiger partial charge in [0.1, 0.15) is 0 Å². The molecule has 0 spiro atoms. The molecule has 2 N–H and O–H groups in total. The van der Waals surface area contributed by atoms with Crippen LogP contribution < -0.4 is 10.6 Å². The molecule has 0 saturated carbocycles. The Morgan fingerprint density at radius 2 is 1.88 bits per heavy atom. The quantitative estimate of drug-likeness (QED) is 0.616. The molecule has 86 valence electrons. The molecule has 0 radical (unpaired) electrons. The molecular formula is C13H19N3. The second-order valence-corrected chi connectivity index (χ2v) is 4.14. The van der Waals surface area contributed by atoms with Gasteiger partial charge < -0.3 is 10.6 Å². The van der Waals surface area contributed by atoms with Crippen LogP contribution in [0.4, 0.5) is 11.4 Å². The van der Waals surface area contributed by atoms with Gasteiger partial charge in [0.25, 0.3) is 0 Å². The van der Waals surface area contributed by atoms with Crippen molar-refractivity contribution in [2.45, 2.75) is 0 Å². The molecule has 0 aliphatic carbocycles. The van der Waals surface area contributed by atoms with Crippen LogP contribution in [0.3, 0.4) is 0 Å². The fraction of sp³-hybridized carbons (Fsp3) is 0.385. The largest absolute Gasteiger partial charge is 0.397 e. The van der Waals surface area contributed by atoms with Crippen LogP contribution in [0.25, 0.3) is 0 Å². The van der Waals surface area contributed by atoms with Crippen molar-refractivity contribution in [2.24, 2.45) is 0 Å². The lowest BCUT2D eigenvalue weighted by molar-refractivity contribution is 0.284. The highest BCUT2D eigenvalue weighted by atomic mass is 15.3. The molecule has 0 unspecified atom stereocenters. The molecule has 16 heavy (non-hydrogen) atoms. The van der Waals surface area contributed by atoms with E-state index in [0.29, 0.717) is 0 Å². The predicted octanol–water partition coefficient (Wildman–Crippen LogP) is 1.58. The SMILES string of the molecule is C=CCN1CCN(c2ccccc2N)CC1. The zero-order chi connectivity index (χ0) is 11.4. The zero-order valence-electron chi connectivity index (χ0n) is 9.60. The first-order valence-corrected chi connectivity index (χ1v) is 5.74. The fourth-order valence-corrected chi connectivity index (χ4v) is 2.13. The molecule has 1 aliphatic heterocycles. The van der Waals surface area contributed by atoms with E-state index in [9.17, 15) is 0 Å². The van der Waals surface area contributed by atoms with Gasteiger partial charge in [-0.2, -0.15) is 0 Å². The van der Waals surface area contributed by atoms with Crippen LogP contribution in [0.1, 0.15) is 0 Å². The standard InChI is InChI=1S/C13H19N3/c1-2-7-15-8-10-16(11-9-15)13-6-4-3-5-12(13)14/h2-6H,1,7-11,14H2. The number of para-hydroxylation sites is 2. The Kier molecular flexibility index (Phi) is 3.47. The number of nitrogen functional groups attached to an aromatic ring is 1. The van der Waals surface area contributed by atoms with E-state index in [1.807, 2.05) is 24.3 Å². The van der Waals surface area contributed by atoms with Crippen molar-refractivity contribution in [3.8, 4) is 0 Å². The highest BCUT2D eigenvalue weighted by molar-refractivity contribution is 5.67. The first-order valence-electron chi connectivity index (χ1n) is 5.74. The van der Waals surface area contributed by atoms with E-state index in [1.165, 1.54) is 5.69 Å². The van der Waals surface area contributed by atoms with Crippen molar-refractivity contribution in [2.75, 3.05) is 43.4 Å². The Morgan fingerprint density at radius 1 is 1.19 bits per heavy atom. The van der Waals surface area contributed by atoms with Gasteiger partial charge in [0.2, 0.25) is 0 Å². The van der Waals surface area contributed by atoms with Gasteiger partial charge in [-0.3, -0.25) is 4.90 Å². The Labute approximate surface area is 97.2 Å². The summed E-state index contributed by atoms with van der Waals surface area (Å²) in [5, 5.41) is 0. The van der Waals surface area contributed by atoms with Crippen LogP contribution in [0.5, 0.6) is 0 Å². The van der Waals surface area contributed by atoms with Gasteiger partial charge in [0.05, 0.1) is 11.4 Å². The number of anilines is 2. The van der Waals surface area contributed by atoms with Crippen LogP contribution in [0, 0.1) is 0 Å². The van der Waals surface area contributed by atoms with Crippen molar-refractivity contribution >= 4 is 11.4 Å². The molecule has 0 bridgehead atoms. The number of rotatable bonds is 3. The Morgan fingerprint density at radius 3 is 2.50 bits per heavy atom. The molecule has 1 saturated heterocycles. The maximum atomic E-state index is 5.97. The number of nitrogens with zero attached hydrogens (tertiary/aromatic N) is 2. The van der Waals surface area contributed by atoms with Gasteiger partial charge in [0, 0.05) is 32.7 Å². The van der Waals surface area contributed by atoms with E-state index in [-0.39, 0.29) is 0 Å². The molecule has 1 aliphatic rings. The molecule has 0 amide bonds. The molecule has 3 heteroatoms. The first-order chi connectivity index (χ1) is 7.81. The topological polar surface area (TPSA) is 32.5 Å². The molecule has 1 aromatic carbocycles. The maximum absolute atomic E-state index is 5.97. The molecule has 1 heterocycles. The van der Waals surface area contributed by atoms with Crippen LogP contribution >= 0.6 is 0 Å². The molecule has 3 nitrogen and oxygen atoms in total. The highest BCUT2D eigenvalue weighted by Gasteiger charge is 2.17. The van der Waals surface area contributed by atoms with Crippen molar-refractivity contribution < 1.29 is 0 Å². The minimum Gasteiger partial charge on any atom is -0.397 e. The van der Waals surface area contributed by atoms with Crippen molar-refractivity contribution in [3.05, 3.63) is 36.9 Å². The summed E-state index contributed by atoms with van der Waals surface area (Å²) in [7, 11) is 0. The third-order valence-corrected chi connectivity index (χ3v) is 3.04. The average molecular weight is 217 g/mol. The number of benzene rings is 1. The van der Waals surface area contributed by atoms with Crippen molar-refractivity contribution in [1.82, 2.24) is 4.90 Å². The van der Waals surface area contributed by atoms with E-state index in [1.54, 1.807) is 0 Å². The summed E-state index contributed by atoms with van der Waals surface area (Å²) in [6.07, 6.45) is 1.96. The van der Waals surface area contributed by atoms with E-state index >= 15 is 0 Å². The van der Waals surface area contributed by atoms with E-state index in [0.717, 1.165) is 38.4 Å². The second-order valence-electron chi connectivity index (χ2n) is 4.14. The first kappa shape index (κ1) is 11.0. The van der Waals surface area contributed by atoms with Gasteiger partial charge in [-0.15, -0.1) is 6.58 Å². The molecule has 1 fully saturated rings. The minimum atomic E-state index is 0.875. The monoisotopic (exact) mass is 217 g/mol. The highest BCUT2D eigenvalue weighted by Crippen LogP contribution is 2.23. The molecule has 0 aromatic heterocycles. The van der Waals surface area contributed by atoms with E-state index in [4.69, 9.17) is 5.73 Å². The van der Waals surface area contributed by atoms with Crippen LogP contribution in [-0.2, 0) is 0 Å². The number of piperazine rings is 1. The summed E-state index contributed by atoms with van der Waals surface area (Å²) in [5.41, 5.74) is 8.02. The summed E-state index contributed by atoms with van der Waals surface area (Å²) >= 11 is 0. The molecule has 2 rings (SSSR count). The van der Waals surface area contributed by atoms with Gasteiger partial charge in [-0.25, -0.2) is 0 Å².